The SMILES string of the molecule is N#Cc1cc(F)cc(CNc2ccc(F)c(F)c2F)c1. The molecule has 0 aliphatic heterocycles. The summed E-state index contributed by atoms with van der Waals surface area (Å²) in [6.45, 7) is -0.0333. The van der Waals surface area contributed by atoms with Crippen LogP contribution in [0, 0.1) is 34.6 Å². The number of rotatable bonds is 3. The third kappa shape index (κ3) is 2.88. The molecule has 6 heteroatoms. The third-order valence-corrected chi connectivity index (χ3v) is 2.60. The molecule has 0 atom stereocenters. The van der Waals surface area contributed by atoms with Gasteiger partial charge in [-0.15, -0.1) is 0 Å². The van der Waals surface area contributed by atoms with E-state index in [9.17, 15) is 17.6 Å². The Bertz CT molecular complexity index is 692. The van der Waals surface area contributed by atoms with Gasteiger partial charge in [-0.2, -0.15) is 5.26 Å². The lowest BCUT2D eigenvalue weighted by Gasteiger charge is -2.09. The number of anilines is 1. The average Bonchev–Trinajstić information content (AvgIpc) is 2.43. The van der Waals surface area contributed by atoms with Crippen LogP contribution in [0.15, 0.2) is 30.3 Å². The van der Waals surface area contributed by atoms with E-state index in [2.05, 4.69) is 5.32 Å². The fourth-order valence-corrected chi connectivity index (χ4v) is 1.68. The van der Waals surface area contributed by atoms with Gasteiger partial charge in [0.05, 0.1) is 17.3 Å². The monoisotopic (exact) mass is 280 g/mol. The first-order valence-electron chi connectivity index (χ1n) is 5.58. The molecule has 2 aromatic rings. The van der Waals surface area contributed by atoms with Gasteiger partial charge in [-0.05, 0) is 35.9 Å². The highest BCUT2D eigenvalue weighted by Crippen LogP contribution is 2.20. The highest BCUT2D eigenvalue weighted by Gasteiger charge is 2.13. The van der Waals surface area contributed by atoms with E-state index in [-0.39, 0.29) is 17.8 Å². The summed E-state index contributed by atoms with van der Waals surface area (Å²) in [4.78, 5) is 0. The molecule has 2 aromatic carbocycles. The molecule has 0 saturated heterocycles. The van der Waals surface area contributed by atoms with Crippen LogP contribution in [0.4, 0.5) is 23.2 Å². The maximum absolute atomic E-state index is 13.4. The number of hydrogen-bond acceptors (Lipinski definition) is 2. The van der Waals surface area contributed by atoms with E-state index >= 15 is 0 Å². The summed E-state index contributed by atoms with van der Waals surface area (Å²) in [5.41, 5.74) is 0.255. The number of nitriles is 1. The van der Waals surface area contributed by atoms with Crippen LogP contribution in [0.25, 0.3) is 0 Å². The van der Waals surface area contributed by atoms with Crippen molar-refractivity contribution in [1.29, 1.82) is 5.26 Å². The second-order valence-electron chi connectivity index (χ2n) is 4.04. The lowest BCUT2D eigenvalue weighted by atomic mass is 10.1. The molecule has 0 aromatic heterocycles. The average molecular weight is 280 g/mol. The van der Waals surface area contributed by atoms with Gasteiger partial charge in [-0.1, -0.05) is 0 Å². The van der Waals surface area contributed by atoms with Crippen molar-refractivity contribution >= 4 is 5.69 Å². The summed E-state index contributed by atoms with van der Waals surface area (Å²) in [5, 5.41) is 11.2. The molecule has 2 rings (SSSR count). The molecule has 0 unspecified atom stereocenters. The first-order valence-corrected chi connectivity index (χ1v) is 5.58. The zero-order valence-corrected chi connectivity index (χ0v) is 10.1. The Morgan fingerprint density at radius 3 is 2.45 bits per heavy atom. The number of nitrogens with zero attached hydrogens (tertiary/aromatic N) is 1. The van der Waals surface area contributed by atoms with Gasteiger partial charge in [0.15, 0.2) is 17.5 Å². The summed E-state index contributed by atoms with van der Waals surface area (Å²) in [6.07, 6.45) is 0. The zero-order valence-electron chi connectivity index (χ0n) is 10.1. The van der Waals surface area contributed by atoms with Crippen molar-refractivity contribution in [2.75, 3.05) is 5.32 Å². The maximum atomic E-state index is 13.4. The van der Waals surface area contributed by atoms with Gasteiger partial charge in [0.25, 0.3) is 0 Å². The van der Waals surface area contributed by atoms with Gasteiger partial charge in [-0.3, -0.25) is 0 Å². The molecular formula is C14H8F4N2. The molecule has 0 heterocycles. The van der Waals surface area contributed by atoms with Crippen LogP contribution in [-0.2, 0) is 6.54 Å². The minimum Gasteiger partial charge on any atom is -0.379 e. The molecule has 2 nitrogen and oxygen atoms in total. The van der Waals surface area contributed by atoms with E-state index in [1.807, 2.05) is 0 Å². The molecule has 0 spiro atoms. The second-order valence-corrected chi connectivity index (χ2v) is 4.04. The van der Waals surface area contributed by atoms with E-state index in [1.165, 1.54) is 6.07 Å². The van der Waals surface area contributed by atoms with Crippen LogP contribution in [0.1, 0.15) is 11.1 Å². The van der Waals surface area contributed by atoms with Crippen molar-refractivity contribution in [3.63, 3.8) is 0 Å². The van der Waals surface area contributed by atoms with E-state index in [0.29, 0.717) is 5.56 Å². The molecule has 0 fully saturated rings. The highest BCUT2D eigenvalue weighted by molar-refractivity contribution is 5.46. The fraction of sp³-hybridized carbons (Fsp3) is 0.0714. The molecule has 0 bridgehead atoms. The summed E-state index contributed by atoms with van der Waals surface area (Å²) < 4.78 is 52.3. The predicted octanol–water partition coefficient (Wildman–Crippen LogP) is 3.73. The van der Waals surface area contributed by atoms with Gasteiger partial charge in [0.2, 0.25) is 0 Å². The summed E-state index contributed by atoms with van der Waals surface area (Å²) in [6, 6.07) is 7.23. The number of hydrogen-bond donors (Lipinski definition) is 1. The molecule has 0 aliphatic rings. The quantitative estimate of drug-likeness (QED) is 0.687. The standard InChI is InChI=1S/C14H8F4N2/c15-10-4-8(6-19)3-9(5-10)7-20-12-2-1-11(16)13(17)14(12)18/h1-5,20H,7H2. The van der Waals surface area contributed by atoms with Crippen molar-refractivity contribution in [3.8, 4) is 6.07 Å². The van der Waals surface area contributed by atoms with Crippen LogP contribution in [0.2, 0.25) is 0 Å². The third-order valence-electron chi connectivity index (χ3n) is 2.60. The van der Waals surface area contributed by atoms with Gasteiger partial charge in [0, 0.05) is 6.54 Å². The second kappa shape index (κ2) is 5.61. The molecule has 1 N–H and O–H groups in total. The van der Waals surface area contributed by atoms with Crippen molar-refractivity contribution in [2.45, 2.75) is 6.54 Å². The van der Waals surface area contributed by atoms with Crippen LogP contribution in [0.5, 0.6) is 0 Å². The van der Waals surface area contributed by atoms with Gasteiger partial charge in [0.1, 0.15) is 5.82 Å². The predicted molar refractivity (Wildman–Crippen MR) is 64.8 cm³/mol. The molecule has 20 heavy (non-hydrogen) atoms. The smallest absolute Gasteiger partial charge is 0.196 e. The van der Waals surface area contributed by atoms with E-state index in [1.54, 1.807) is 6.07 Å². The van der Waals surface area contributed by atoms with Crippen molar-refractivity contribution < 1.29 is 17.6 Å². The van der Waals surface area contributed by atoms with Crippen molar-refractivity contribution in [3.05, 3.63) is 64.7 Å². The van der Waals surface area contributed by atoms with Crippen molar-refractivity contribution in [1.82, 2.24) is 0 Å². The van der Waals surface area contributed by atoms with Crippen LogP contribution in [-0.4, -0.2) is 0 Å². The lowest BCUT2D eigenvalue weighted by Crippen LogP contribution is -2.04. The van der Waals surface area contributed by atoms with Crippen molar-refractivity contribution in [2.24, 2.45) is 0 Å². The molecular weight excluding hydrogens is 272 g/mol. The van der Waals surface area contributed by atoms with Gasteiger partial charge < -0.3 is 5.32 Å². The van der Waals surface area contributed by atoms with Crippen LogP contribution in [0.3, 0.4) is 0 Å². The minimum absolute atomic E-state index is 0.0333. The fourth-order valence-electron chi connectivity index (χ4n) is 1.68. The summed E-state index contributed by atoms with van der Waals surface area (Å²) in [7, 11) is 0. The summed E-state index contributed by atoms with van der Waals surface area (Å²) in [5.74, 6) is -4.81. The number of halogens is 4. The largest absolute Gasteiger partial charge is 0.379 e. The molecule has 0 aliphatic carbocycles. The zero-order chi connectivity index (χ0) is 14.7. The summed E-state index contributed by atoms with van der Waals surface area (Å²) >= 11 is 0. The Morgan fingerprint density at radius 2 is 1.75 bits per heavy atom. The Morgan fingerprint density at radius 1 is 1.00 bits per heavy atom. The van der Waals surface area contributed by atoms with E-state index < -0.39 is 23.3 Å². The van der Waals surface area contributed by atoms with Gasteiger partial charge >= 0.3 is 0 Å². The maximum Gasteiger partial charge on any atom is 0.196 e. The van der Waals surface area contributed by atoms with Crippen LogP contribution >= 0.6 is 0 Å². The first-order chi connectivity index (χ1) is 9.51. The van der Waals surface area contributed by atoms with Gasteiger partial charge in [-0.25, -0.2) is 17.6 Å². The Labute approximate surface area is 112 Å². The molecule has 0 saturated carbocycles. The first kappa shape index (κ1) is 13.9. The normalized spacial score (nSPS) is 10.2. The topological polar surface area (TPSA) is 35.8 Å². The minimum atomic E-state index is -1.58. The molecule has 0 amide bonds. The number of benzene rings is 2. The van der Waals surface area contributed by atoms with E-state index in [4.69, 9.17) is 5.26 Å². The molecule has 0 radical (unpaired) electrons. The molecule has 102 valence electrons. The van der Waals surface area contributed by atoms with E-state index in [0.717, 1.165) is 24.3 Å². The highest BCUT2D eigenvalue weighted by atomic mass is 19.2. The Hall–Kier alpha value is -2.55. The Kier molecular flexibility index (Phi) is 3.89. The number of nitrogens with one attached hydrogen (secondary N) is 1. The Balaban J connectivity index is 2.19. The lowest BCUT2D eigenvalue weighted by molar-refractivity contribution is 0.449. The van der Waals surface area contributed by atoms with Crippen LogP contribution < -0.4 is 5.32 Å².